The van der Waals surface area contributed by atoms with Gasteiger partial charge in [0.05, 0.1) is 31.8 Å². The summed E-state index contributed by atoms with van der Waals surface area (Å²) >= 11 is 0. The first-order valence-electron chi connectivity index (χ1n) is 6.82. The monoisotopic (exact) mass is 375 g/mol. The van der Waals surface area contributed by atoms with E-state index in [0.717, 1.165) is 12.1 Å². The summed E-state index contributed by atoms with van der Waals surface area (Å²) in [5, 5.41) is 51.9. The molecule has 0 amide bonds. The second-order valence-electron chi connectivity index (χ2n) is 5.04. The van der Waals surface area contributed by atoms with Gasteiger partial charge in [-0.05, 0) is 6.07 Å². The average molecular weight is 375 g/mol. The van der Waals surface area contributed by atoms with Gasteiger partial charge in [0.1, 0.15) is 11.0 Å². The highest BCUT2D eigenvalue weighted by Gasteiger charge is 2.33. The van der Waals surface area contributed by atoms with Crippen molar-refractivity contribution < 1.29 is 19.7 Å². The zero-order chi connectivity index (χ0) is 19.9. The minimum absolute atomic E-state index is 0.0718. The van der Waals surface area contributed by atoms with Gasteiger partial charge in [0.2, 0.25) is 5.69 Å². The van der Waals surface area contributed by atoms with Crippen LogP contribution in [0.5, 0.6) is 0 Å². The van der Waals surface area contributed by atoms with Crippen LogP contribution in [-0.2, 0) is 0 Å². The predicted octanol–water partition coefficient (Wildman–Crippen LogP) is 2.05. The Morgan fingerprint density at radius 2 is 1.30 bits per heavy atom. The number of non-ortho nitro benzene ring substituents is 2. The van der Waals surface area contributed by atoms with Crippen LogP contribution in [-0.4, -0.2) is 34.7 Å². The molecule has 0 aliphatic rings. The molecule has 0 radical (unpaired) electrons. The third-order valence-corrected chi connectivity index (χ3v) is 3.51. The van der Waals surface area contributed by atoms with Gasteiger partial charge in [-0.15, -0.1) is 5.10 Å². The predicted molar refractivity (Wildman–Crippen MR) is 85.5 cm³/mol. The molecule has 0 atom stereocenters. The molecule has 3 aromatic rings. The van der Waals surface area contributed by atoms with Crippen LogP contribution in [0.25, 0.3) is 16.7 Å². The Labute approximate surface area is 146 Å². The number of benzene rings is 2. The third-order valence-electron chi connectivity index (χ3n) is 3.51. The maximum Gasteiger partial charge on any atom is 0.308 e. The molecule has 0 saturated carbocycles. The fraction of sp³-hybridized carbons (Fsp3) is 0. The lowest BCUT2D eigenvalue weighted by Crippen LogP contribution is -2.07. The smallest absolute Gasteiger partial charge is 0.258 e. The highest BCUT2D eigenvalue weighted by atomic mass is 16.6. The summed E-state index contributed by atoms with van der Waals surface area (Å²) < 4.78 is 0.669. The number of fused-ring (bicyclic) bond motifs is 1. The molecule has 0 aliphatic carbocycles. The van der Waals surface area contributed by atoms with Crippen LogP contribution in [0, 0.1) is 40.5 Å². The van der Waals surface area contributed by atoms with E-state index in [1.165, 1.54) is 6.07 Å². The van der Waals surface area contributed by atoms with E-state index in [1.807, 2.05) is 0 Å². The van der Waals surface area contributed by atoms with E-state index in [0.29, 0.717) is 16.8 Å². The van der Waals surface area contributed by atoms with Crippen molar-refractivity contribution >= 4 is 33.8 Å². The Bertz CT molecular complexity index is 1120. The largest absolute Gasteiger partial charge is 0.308 e. The number of hydrogen-bond donors (Lipinski definition) is 0. The maximum atomic E-state index is 11.4. The quantitative estimate of drug-likeness (QED) is 0.468. The van der Waals surface area contributed by atoms with Crippen LogP contribution >= 0.6 is 0 Å². The van der Waals surface area contributed by atoms with Crippen molar-refractivity contribution in [3.05, 3.63) is 70.8 Å². The Balaban J connectivity index is 2.43. The summed E-state index contributed by atoms with van der Waals surface area (Å²) in [4.78, 5) is 40.7. The number of hydrogen-bond acceptors (Lipinski definition) is 10. The highest BCUT2D eigenvalue weighted by Crippen LogP contribution is 2.37. The molecule has 0 aliphatic heterocycles. The van der Waals surface area contributed by atoms with Crippen LogP contribution in [0.4, 0.5) is 22.7 Å². The van der Waals surface area contributed by atoms with Gasteiger partial charge < -0.3 is 0 Å². The summed E-state index contributed by atoms with van der Waals surface area (Å²) in [5.41, 5.74) is -3.99. The van der Waals surface area contributed by atoms with Gasteiger partial charge in [-0.3, -0.25) is 40.5 Å². The molecule has 2 aromatic carbocycles. The second-order valence-corrected chi connectivity index (χ2v) is 5.04. The molecule has 3 rings (SSSR count). The van der Waals surface area contributed by atoms with Gasteiger partial charge >= 0.3 is 11.4 Å². The molecule has 0 fully saturated rings. The lowest BCUT2D eigenvalue weighted by Gasteiger charge is -2.05. The van der Waals surface area contributed by atoms with Gasteiger partial charge in [-0.25, -0.2) is 0 Å². The summed E-state index contributed by atoms with van der Waals surface area (Å²) in [7, 11) is 0. The van der Waals surface area contributed by atoms with Crippen molar-refractivity contribution in [3.63, 3.8) is 0 Å². The average Bonchev–Trinajstić information content (AvgIpc) is 3.02. The summed E-state index contributed by atoms with van der Waals surface area (Å²) in [6.45, 7) is 0. The lowest BCUT2D eigenvalue weighted by atomic mass is 10.2. The zero-order valence-electron chi connectivity index (χ0n) is 12.8. The minimum Gasteiger partial charge on any atom is -0.258 e. The number of nitro groups is 4. The number of aromatic nitrogens is 3. The first-order valence-corrected chi connectivity index (χ1v) is 6.82. The molecule has 0 spiro atoms. The topological polar surface area (TPSA) is 203 Å². The van der Waals surface area contributed by atoms with Gasteiger partial charge in [0.25, 0.3) is 11.4 Å². The van der Waals surface area contributed by atoms with Crippen LogP contribution < -0.4 is 0 Å². The van der Waals surface area contributed by atoms with Crippen molar-refractivity contribution in [2.75, 3.05) is 0 Å². The molecule has 15 heteroatoms. The molecule has 0 saturated heterocycles. The number of nitrogens with zero attached hydrogens (tertiary/aromatic N) is 7. The van der Waals surface area contributed by atoms with E-state index in [2.05, 4.69) is 10.3 Å². The Hall–Kier alpha value is -4.56. The molecule has 0 N–H and O–H groups in total. The Morgan fingerprint density at radius 3 is 1.78 bits per heavy atom. The molecule has 27 heavy (non-hydrogen) atoms. The van der Waals surface area contributed by atoms with Crippen molar-refractivity contribution in [1.82, 2.24) is 15.0 Å². The molecule has 1 heterocycles. The summed E-state index contributed by atoms with van der Waals surface area (Å²) in [6.07, 6.45) is 0. The van der Waals surface area contributed by atoms with Crippen LogP contribution in [0.15, 0.2) is 30.3 Å². The summed E-state index contributed by atoms with van der Waals surface area (Å²) in [6, 6.07) is 4.37. The highest BCUT2D eigenvalue weighted by molar-refractivity contribution is 5.82. The third kappa shape index (κ3) is 2.84. The van der Waals surface area contributed by atoms with E-state index >= 15 is 0 Å². The van der Waals surface area contributed by atoms with Gasteiger partial charge in [-0.2, -0.15) is 4.68 Å². The van der Waals surface area contributed by atoms with E-state index < -0.39 is 48.1 Å². The minimum atomic E-state index is -1.06. The fourth-order valence-electron chi connectivity index (χ4n) is 2.38. The zero-order valence-corrected chi connectivity index (χ0v) is 12.8. The van der Waals surface area contributed by atoms with Crippen LogP contribution in [0.3, 0.4) is 0 Å². The number of rotatable bonds is 5. The molecule has 1 aromatic heterocycles. The van der Waals surface area contributed by atoms with Crippen molar-refractivity contribution in [1.29, 1.82) is 0 Å². The van der Waals surface area contributed by atoms with Gasteiger partial charge in [-0.1, -0.05) is 5.21 Å². The standard InChI is InChI=1S/C12H5N7O8/c20-16(21)6-1-2-8-9(3-6)15(14-13-8)12-10(18(24)25)4-7(17(22)23)5-11(12)19(26)27/h1-5H. The Morgan fingerprint density at radius 1 is 0.741 bits per heavy atom. The molecular weight excluding hydrogens is 370 g/mol. The molecular formula is C12H5N7O8. The van der Waals surface area contributed by atoms with E-state index in [-0.39, 0.29) is 11.0 Å². The second kappa shape index (κ2) is 6.06. The van der Waals surface area contributed by atoms with E-state index in [9.17, 15) is 40.5 Å². The van der Waals surface area contributed by atoms with E-state index in [4.69, 9.17) is 0 Å². The Kier molecular flexibility index (Phi) is 3.88. The van der Waals surface area contributed by atoms with Crippen molar-refractivity contribution in [2.45, 2.75) is 0 Å². The summed E-state index contributed by atoms with van der Waals surface area (Å²) in [5.74, 6) is 0. The van der Waals surface area contributed by atoms with Crippen LogP contribution in [0.2, 0.25) is 0 Å². The lowest BCUT2D eigenvalue weighted by molar-refractivity contribution is -0.402. The molecule has 0 bridgehead atoms. The SMILES string of the molecule is O=[N+]([O-])c1cc([N+](=O)[O-])c(-n2nnc3ccc([N+](=O)[O-])cc32)c([N+](=O)[O-])c1. The molecule has 15 nitrogen and oxygen atoms in total. The van der Waals surface area contributed by atoms with E-state index in [1.54, 1.807) is 0 Å². The first kappa shape index (κ1) is 17.3. The normalized spacial score (nSPS) is 10.7. The van der Waals surface area contributed by atoms with Crippen LogP contribution in [0.1, 0.15) is 0 Å². The first-order chi connectivity index (χ1) is 12.7. The van der Waals surface area contributed by atoms with Crippen molar-refractivity contribution in [3.8, 4) is 5.69 Å². The fourth-order valence-corrected chi connectivity index (χ4v) is 2.38. The molecule has 0 unspecified atom stereocenters. The van der Waals surface area contributed by atoms with Crippen molar-refractivity contribution in [2.24, 2.45) is 0 Å². The maximum absolute atomic E-state index is 11.4. The van der Waals surface area contributed by atoms with Gasteiger partial charge in [0, 0.05) is 12.1 Å². The molecule has 136 valence electrons. The van der Waals surface area contributed by atoms with Gasteiger partial charge in [0.15, 0.2) is 0 Å². The number of nitro benzene ring substituents is 4.